The predicted octanol–water partition coefficient (Wildman–Crippen LogP) is 3.15. The Kier molecular flexibility index (Phi) is 4.81. The Labute approximate surface area is 137 Å². The number of methoxy groups -OCH3 is 1. The van der Waals surface area contributed by atoms with Gasteiger partial charge >= 0.3 is 0 Å². The zero-order valence-corrected chi connectivity index (χ0v) is 13.5. The first-order valence-corrected chi connectivity index (χ1v) is 8.07. The minimum absolute atomic E-state index is 0.456. The van der Waals surface area contributed by atoms with Crippen molar-refractivity contribution in [1.82, 2.24) is 0 Å². The molecule has 0 saturated heterocycles. The van der Waals surface area contributed by atoms with Crippen molar-refractivity contribution in [3.8, 4) is 5.75 Å². The van der Waals surface area contributed by atoms with Crippen LogP contribution in [0.5, 0.6) is 5.75 Å². The number of anilines is 1. The molecule has 2 aromatic rings. The molecule has 23 heavy (non-hydrogen) atoms. The van der Waals surface area contributed by atoms with Gasteiger partial charge in [-0.25, -0.2) is 0 Å². The van der Waals surface area contributed by atoms with E-state index in [1.807, 2.05) is 18.2 Å². The van der Waals surface area contributed by atoms with Gasteiger partial charge in [-0.1, -0.05) is 24.3 Å². The van der Waals surface area contributed by atoms with E-state index in [2.05, 4.69) is 34.6 Å². The van der Waals surface area contributed by atoms with Crippen LogP contribution in [0.25, 0.3) is 0 Å². The van der Waals surface area contributed by atoms with Gasteiger partial charge in [0.25, 0.3) is 0 Å². The van der Waals surface area contributed by atoms with Gasteiger partial charge in [0.2, 0.25) is 0 Å². The SMILES string of the molecule is COc1ccccc1CCN=C(N)Nc1ccc2c(c1)CCC2. The van der Waals surface area contributed by atoms with Crippen LogP contribution in [0.2, 0.25) is 0 Å². The Morgan fingerprint density at radius 3 is 2.87 bits per heavy atom. The molecule has 0 aliphatic heterocycles. The Morgan fingerprint density at radius 1 is 1.17 bits per heavy atom. The van der Waals surface area contributed by atoms with Crippen LogP contribution in [0, 0.1) is 0 Å². The van der Waals surface area contributed by atoms with E-state index in [0.717, 1.165) is 29.8 Å². The van der Waals surface area contributed by atoms with E-state index in [1.165, 1.54) is 24.0 Å². The quantitative estimate of drug-likeness (QED) is 0.659. The molecule has 0 spiro atoms. The van der Waals surface area contributed by atoms with Gasteiger partial charge < -0.3 is 15.8 Å². The molecule has 2 aromatic carbocycles. The number of nitrogens with one attached hydrogen (secondary N) is 1. The first-order valence-electron chi connectivity index (χ1n) is 8.07. The number of guanidine groups is 1. The van der Waals surface area contributed by atoms with Crippen LogP contribution in [-0.2, 0) is 19.3 Å². The summed E-state index contributed by atoms with van der Waals surface area (Å²) in [6.45, 7) is 0.629. The maximum Gasteiger partial charge on any atom is 0.193 e. The summed E-state index contributed by atoms with van der Waals surface area (Å²) in [6, 6.07) is 14.4. The third-order valence-electron chi connectivity index (χ3n) is 4.23. The maximum absolute atomic E-state index is 5.99. The Morgan fingerprint density at radius 2 is 2.00 bits per heavy atom. The second-order valence-electron chi connectivity index (χ2n) is 5.79. The molecule has 0 saturated carbocycles. The van der Waals surface area contributed by atoms with Gasteiger partial charge in [0.1, 0.15) is 5.75 Å². The van der Waals surface area contributed by atoms with Crippen molar-refractivity contribution in [1.29, 1.82) is 0 Å². The van der Waals surface area contributed by atoms with Gasteiger partial charge in [-0.05, 0) is 60.6 Å². The van der Waals surface area contributed by atoms with Gasteiger partial charge in [0, 0.05) is 12.2 Å². The van der Waals surface area contributed by atoms with Crippen LogP contribution in [0.4, 0.5) is 5.69 Å². The molecule has 4 nitrogen and oxygen atoms in total. The normalized spacial score (nSPS) is 13.7. The van der Waals surface area contributed by atoms with Crippen LogP contribution in [0.3, 0.4) is 0 Å². The fourth-order valence-corrected chi connectivity index (χ4v) is 3.04. The molecule has 1 aliphatic carbocycles. The minimum atomic E-state index is 0.456. The second kappa shape index (κ2) is 7.18. The summed E-state index contributed by atoms with van der Waals surface area (Å²) in [5, 5.41) is 3.18. The van der Waals surface area contributed by atoms with Crippen LogP contribution in [0.1, 0.15) is 23.1 Å². The number of rotatable bonds is 5. The van der Waals surface area contributed by atoms with E-state index in [4.69, 9.17) is 10.5 Å². The molecule has 0 amide bonds. The molecule has 120 valence electrons. The number of nitrogens with zero attached hydrogens (tertiary/aromatic N) is 1. The molecule has 0 unspecified atom stereocenters. The Bertz CT molecular complexity index is 710. The van der Waals surface area contributed by atoms with Crippen LogP contribution in [0.15, 0.2) is 47.5 Å². The maximum atomic E-state index is 5.99. The average Bonchev–Trinajstić information content (AvgIpc) is 3.03. The highest BCUT2D eigenvalue weighted by Gasteiger charge is 2.10. The van der Waals surface area contributed by atoms with E-state index < -0.39 is 0 Å². The standard InChI is InChI=1S/C19H23N3O/c1-23-18-8-3-2-5-15(18)11-12-21-19(20)22-17-10-9-14-6-4-7-16(14)13-17/h2-3,5,8-10,13H,4,6-7,11-12H2,1H3,(H3,20,21,22). The molecule has 0 heterocycles. The third kappa shape index (κ3) is 3.83. The molecular formula is C19H23N3O. The molecule has 0 aromatic heterocycles. The number of hydrogen-bond acceptors (Lipinski definition) is 2. The number of hydrogen-bond donors (Lipinski definition) is 2. The number of aryl methyl sites for hydroxylation is 2. The summed E-state index contributed by atoms with van der Waals surface area (Å²) in [4.78, 5) is 4.41. The van der Waals surface area contributed by atoms with Gasteiger partial charge in [0.05, 0.1) is 7.11 Å². The van der Waals surface area contributed by atoms with Crippen molar-refractivity contribution in [3.63, 3.8) is 0 Å². The van der Waals surface area contributed by atoms with Crippen molar-refractivity contribution in [2.45, 2.75) is 25.7 Å². The molecule has 1 aliphatic rings. The fraction of sp³-hybridized carbons (Fsp3) is 0.316. The Balaban J connectivity index is 1.58. The highest BCUT2D eigenvalue weighted by molar-refractivity contribution is 5.92. The second-order valence-corrected chi connectivity index (χ2v) is 5.79. The lowest BCUT2D eigenvalue weighted by Gasteiger charge is -2.09. The number of ether oxygens (including phenoxy) is 1. The first kappa shape index (κ1) is 15.4. The third-order valence-corrected chi connectivity index (χ3v) is 4.23. The molecular weight excluding hydrogens is 286 g/mol. The van der Waals surface area contributed by atoms with Crippen molar-refractivity contribution >= 4 is 11.6 Å². The van der Waals surface area contributed by atoms with Crippen molar-refractivity contribution in [3.05, 3.63) is 59.2 Å². The van der Waals surface area contributed by atoms with Crippen molar-refractivity contribution < 1.29 is 4.74 Å². The lowest BCUT2D eigenvalue weighted by Crippen LogP contribution is -2.23. The van der Waals surface area contributed by atoms with Gasteiger partial charge in [0.15, 0.2) is 5.96 Å². The summed E-state index contributed by atoms with van der Waals surface area (Å²) in [7, 11) is 1.69. The fourth-order valence-electron chi connectivity index (χ4n) is 3.04. The molecule has 0 radical (unpaired) electrons. The zero-order valence-electron chi connectivity index (χ0n) is 13.5. The molecule has 0 atom stereocenters. The molecule has 0 fully saturated rings. The lowest BCUT2D eigenvalue weighted by atomic mass is 10.1. The summed E-state index contributed by atoms with van der Waals surface area (Å²) in [6.07, 6.45) is 4.41. The summed E-state index contributed by atoms with van der Waals surface area (Å²) in [5.41, 5.74) is 11.0. The smallest absolute Gasteiger partial charge is 0.193 e. The van der Waals surface area contributed by atoms with Gasteiger partial charge in [-0.15, -0.1) is 0 Å². The van der Waals surface area contributed by atoms with Crippen molar-refractivity contribution in [2.24, 2.45) is 10.7 Å². The Hall–Kier alpha value is -2.49. The van der Waals surface area contributed by atoms with Gasteiger partial charge in [-0.3, -0.25) is 4.99 Å². The lowest BCUT2D eigenvalue weighted by molar-refractivity contribution is 0.410. The largest absolute Gasteiger partial charge is 0.496 e. The van der Waals surface area contributed by atoms with E-state index in [-0.39, 0.29) is 0 Å². The molecule has 3 rings (SSSR count). The van der Waals surface area contributed by atoms with E-state index in [0.29, 0.717) is 12.5 Å². The predicted molar refractivity (Wildman–Crippen MR) is 95.3 cm³/mol. The number of para-hydroxylation sites is 1. The first-order chi connectivity index (χ1) is 11.3. The van der Waals surface area contributed by atoms with E-state index >= 15 is 0 Å². The average molecular weight is 309 g/mol. The van der Waals surface area contributed by atoms with Gasteiger partial charge in [-0.2, -0.15) is 0 Å². The molecule has 3 N–H and O–H groups in total. The van der Waals surface area contributed by atoms with Crippen LogP contribution >= 0.6 is 0 Å². The number of fused-ring (bicyclic) bond motifs is 1. The van der Waals surface area contributed by atoms with Crippen LogP contribution < -0.4 is 15.8 Å². The highest BCUT2D eigenvalue weighted by Crippen LogP contribution is 2.24. The topological polar surface area (TPSA) is 59.6 Å². The summed E-state index contributed by atoms with van der Waals surface area (Å²) in [5.74, 6) is 1.35. The molecule has 4 heteroatoms. The number of aliphatic imine (C=N–C) groups is 1. The van der Waals surface area contributed by atoms with Crippen molar-refractivity contribution in [2.75, 3.05) is 19.0 Å². The highest BCUT2D eigenvalue weighted by atomic mass is 16.5. The van der Waals surface area contributed by atoms with Crippen LogP contribution in [-0.4, -0.2) is 19.6 Å². The summed E-state index contributed by atoms with van der Waals surface area (Å²) >= 11 is 0. The monoisotopic (exact) mass is 309 g/mol. The number of benzene rings is 2. The summed E-state index contributed by atoms with van der Waals surface area (Å²) < 4.78 is 5.35. The van der Waals surface area contributed by atoms with E-state index in [1.54, 1.807) is 7.11 Å². The molecule has 0 bridgehead atoms. The minimum Gasteiger partial charge on any atom is -0.496 e. The zero-order chi connectivity index (χ0) is 16.1. The number of nitrogens with two attached hydrogens (primary N) is 1. The van der Waals surface area contributed by atoms with E-state index in [9.17, 15) is 0 Å².